The second-order valence-electron chi connectivity index (χ2n) is 13.1. The first kappa shape index (κ1) is 41.2. The Labute approximate surface area is 297 Å². The van der Waals surface area contributed by atoms with E-state index in [9.17, 15) is 13.2 Å². The fourth-order valence-electron chi connectivity index (χ4n) is 5.88. The van der Waals surface area contributed by atoms with Crippen molar-refractivity contribution >= 4 is 48.0 Å². The molecule has 1 saturated heterocycles. The first-order valence-corrected chi connectivity index (χ1v) is 17.1. The Morgan fingerprint density at radius 1 is 0.830 bits per heavy atom. The number of hydrogen-bond acceptors (Lipinski definition) is 5. The molecule has 0 unspecified atom stereocenters. The first-order chi connectivity index (χ1) is 21.4. The van der Waals surface area contributed by atoms with Crippen LogP contribution in [0.1, 0.15) is 65.4 Å². The molecule has 2 heterocycles. The summed E-state index contributed by atoms with van der Waals surface area (Å²) in [5.74, 6) is 0. The number of benzene rings is 2. The van der Waals surface area contributed by atoms with E-state index in [-0.39, 0.29) is 31.4 Å². The molecule has 0 radical (unpaired) electrons. The average molecular weight is 715 g/mol. The van der Waals surface area contributed by atoms with Crippen molar-refractivity contribution in [2.45, 2.75) is 75.8 Å². The van der Waals surface area contributed by atoms with Gasteiger partial charge >= 0.3 is 6.18 Å². The first-order valence-electron chi connectivity index (χ1n) is 16.3. The van der Waals surface area contributed by atoms with Crippen molar-refractivity contribution in [3.05, 3.63) is 83.5 Å². The highest BCUT2D eigenvalue weighted by Crippen LogP contribution is 2.49. The molecule has 2 aromatic carbocycles. The highest BCUT2D eigenvalue weighted by molar-refractivity contribution is 7.99. The summed E-state index contributed by atoms with van der Waals surface area (Å²) in [6.45, 7) is 15.4. The number of aliphatic hydroxyl groups excluding tert-OH is 1. The standard InChI is InChI=1S/C22H26F3N3OS.C15H24.2ClH/c23-22(24,25)17-6-7-21-19(16-17)28(18-4-1-2-5-20(18)30-21)9-3-8-26-10-12-27(13-11-26)14-15-29;1-13-7-5-8-14(2)10-12-15(3,4)11-6-9-13;;/h1-2,4-7,16,29H,3,8-15H2;6-7,10-11H,5,8-9,12H2,1-4H3;2*1H. The van der Waals surface area contributed by atoms with Crippen LogP contribution in [0.25, 0.3) is 0 Å². The largest absolute Gasteiger partial charge is 0.416 e. The van der Waals surface area contributed by atoms with Gasteiger partial charge in [-0.15, -0.1) is 24.8 Å². The van der Waals surface area contributed by atoms with Gasteiger partial charge < -0.3 is 14.9 Å². The third kappa shape index (κ3) is 12.8. The molecule has 262 valence electrons. The Hall–Kier alpha value is -1.94. The van der Waals surface area contributed by atoms with Gasteiger partial charge in [-0.2, -0.15) is 13.2 Å². The molecule has 1 fully saturated rings. The lowest BCUT2D eigenvalue weighted by Gasteiger charge is -2.36. The second-order valence-corrected chi connectivity index (χ2v) is 14.2. The van der Waals surface area contributed by atoms with Crippen LogP contribution in [-0.2, 0) is 6.18 Å². The molecule has 1 aliphatic carbocycles. The minimum Gasteiger partial charge on any atom is -0.395 e. The quantitative estimate of drug-likeness (QED) is 0.301. The maximum absolute atomic E-state index is 13.3. The third-order valence-corrected chi connectivity index (χ3v) is 9.84. The van der Waals surface area contributed by atoms with E-state index in [1.165, 1.54) is 47.9 Å². The molecule has 0 saturated carbocycles. The van der Waals surface area contributed by atoms with E-state index in [4.69, 9.17) is 5.11 Å². The number of β-amino-alcohol motifs (C(OH)–C–C–N with tert-alkyl or cyclic N) is 1. The summed E-state index contributed by atoms with van der Waals surface area (Å²) in [4.78, 5) is 8.62. The number of halogens is 5. The predicted octanol–water partition coefficient (Wildman–Crippen LogP) is 10.2. The SMILES string of the molecule is CC1=CCCC(C)=CCC(C)(C)C=CC1.Cl.Cl.OCCN1CCN(CCCN2c3ccccc3Sc3ccc(C(F)(F)F)cc32)CC1. The van der Waals surface area contributed by atoms with Crippen LogP contribution >= 0.6 is 36.6 Å². The zero-order chi connectivity index (χ0) is 32.5. The second kappa shape index (κ2) is 19.3. The van der Waals surface area contributed by atoms with Gasteiger partial charge in [-0.1, -0.05) is 73.2 Å². The number of allylic oxidation sites excluding steroid dienone is 6. The van der Waals surface area contributed by atoms with E-state index >= 15 is 0 Å². The number of piperazine rings is 1. The van der Waals surface area contributed by atoms with Crippen LogP contribution in [0.3, 0.4) is 0 Å². The summed E-state index contributed by atoms with van der Waals surface area (Å²) < 4.78 is 39.9. The van der Waals surface area contributed by atoms with Crippen molar-refractivity contribution in [2.75, 3.05) is 57.3 Å². The average Bonchev–Trinajstić information content (AvgIpc) is 3.02. The molecule has 5 rings (SSSR count). The normalized spacial score (nSPS) is 18.5. The Balaban J connectivity index is 0.000000386. The maximum Gasteiger partial charge on any atom is 0.416 e. The van der Waals surface area contributed by atoms with Gasteiger partial charge in [0.15, 0.2) is 0 Å². The number of aliphatic hydroxyl groups is 1. The molecule has 4 nitrogen and oxygen atoms in total. The number of hydrogen-bond donors (Lipinski definition) is 1. The fraction of sp³-hybridized carbons (Fsp3) is 0.514. The molecule has 2 aliphatic heterocycles. The Kier molecular flexibility index (Phi) is 16.9. The molecule has 0 bridgehead atoms. The van der Waals surface area contributed by atoms with Crippen molar-refractivity contribution in [2.24, 2.45) is 5.41 Å². The number of anilines is 2. The Bertz CT molecular complexity index is 1350. The van der Waals surface area contributed by atoms with E-state index in [0.717, 1.165) is 67.5 Å². The zero-order valence-corrected chi connectivity index (χ0v) is 30.6. The summed E-state index contributed by atoms with van der Waals surface area (Å²) in [5.41, 5.74) is 4.35. The molecule has 3 aliphatic rings. The number of para-hydroxylation sites is 1. The summed E-state index contributed by atoms with van der Waals surface area (Å²) in [6.07, 6.45) is 10.7. The molecule has 10 heteroatoms. The van der Waals surface area contributed by atoms with Gasteiger partial charge in [0, 0.05) is 49.1 Å². The van der Waals surface area contributed by atoms with Gasteiger partial charge in [0.1, 0.15) is 0 Å². The van der Waals surface area contributed by atoms with Gasteiger partial charge in [-0.3, -0.25) is 4.90 Å². The lowest BCUT2D eigenvalue weighted by Crippen LogP contribution is -2.47. The highest BCUT2D eigenvalue weighted by Gasteiger charge is 2.33. The number of nitrogens with zero attached hydrogens (tertiary/aromatic N) is 3. The molecule has 47 heavy (non-hydrogen) atoms. The summed E-state index contributed by atoms with van der Waals surface area (Å²) in [6, 6.07) is 11.9. The molecule has 0 spiro atoms. The van der Waals surface area contributed by atoms with Gasteiger partial charge in [0.25, 0.3) is 0 Å². The van der Waals surface area contributed by atoms with Crippen LogP contribution in [0.15, 0.2) is 87.7 Å². The molecule has 0 atom stereocenters. The van der Waals surface area contributed by atoms with E-state index in [2.05, 4.69) is 61.8 Å². The Morgan fingerprint density at radius 3 is 2.17 bits per heavy atom. The van der Waals surface area contributed by atoms with E-state index < -0.39 is 11.7 Å². The van der Waals surface area contributed by atoms with E-state index in [0.29, 0.717) is 24.2 Å². The van der Waals surface area contributed by atoms with Crippen LogP contribution in [0, 0.1) is 5.41 Å². The topological polar surface area (TPSA) is 30.0 Å². The molecular formula is C37H52Cl2F3N3OS. The number of rotatable bonds is 6. The van der Waals surface area contributed by atoms with Crippen molar-refractivity contribution in [1.82, 2.24) is 9.80 Å². The van der Waals surface area contributed by atoms with E-state index in [1.54, 1.807) is 6.07 Å². The minimum absolute atomic E-state index is 0. The molecule has 0 aromatic heterocycles. The van der Waals surface area contributed by atoms with Crippen LogP contribution in [0.2, 0.25) is 0 Å². The summed E-state index contributed by atoms with van der Waals surface area (Å²) in [7, 11) is 0. The summed E-state index contributed by atoms with van der Waals surface area (Å²) >= 11 is 1.53. The molecule has 0 amide bonds. The van der Waals surface area contributed by atoms with Gasteiger partial charge in [0.2, 0.25) is 0 Å². The van der Waals surface area contributed by atoms with Crippen molar-refractivity contribution < 1.29 is 18.3 Å². The number of fused-ring (bicyclic) bond motifs is 2. The molecular weight excluding hydrogens is 662 g/mol. The fourth-order valence-corrected chi connectivity index (χ4v) is 6.95. The van der Waals surface area contributed by atoms with E-state index in [1.807, 2.05) is 29.2 Å². The molecule has 1 N–H and O–H groups in total. The highest BCUT2D eigenvalue weighted by atomic mass is 35.5. The van der Waals surface area contributed by atoms with Gasteiger partial charge in [-0.25, -0.2) is 0 Å². The molecule has 2 aromatic rings. The predicted molar refractivity (Wildman–Crippen MR) is 197 cm³/mol. The van der Waals surface area contributed by atoms with Crippen LogP contribution in [0.5, 0.6) is 0 Å². The van der Waals surface area contributed by atoms with Crippen LogP contribution in [-0.4, -0.2) is 67.3 Å². The zero-order valence-electron chi connectivity index (χ0n) is 28.2. The van der Waals surface area contributed by atoms with Gasteiger partial charge in [-0.05, 0) is 88.2 Å². The lowest BCUT2D eigenvalue weighted by atomic mass is 9.87. The van der Waals surface area contributed by atoms with Crippen LogP contribution < -0.4 is 4.90 Å². The van der Waals surface area contributed by atoms with Crippen LogP contribution in [0.4, 0.5) is 24.5 Å². The number of alkyl halides is 3. The monoisotopic (exact) mass is 713 g/mol. The maximum atomic E-state index is 13.3. The minimum atomic E-state index is -4.35. The van der Waals surface area contributed by atoms with Crippen molar-refractivity contribution in [3.8, 4) is 0 Å². The third-order valence-electron chi connectivity index (χ3n) is 8.71. The smallest absolute Gasteiger partial charge is 0.395 e. The van der Waals surface area contributed by atoms with Gasteiger partial charge in [0.05, 0.1) is 23.5 Å². The Morgan fingerprint density at radius 2 is 1.49 bits per heavy atom. The lowest BCUT2D eigenvalue weighted by molar-refractivity contribution is -0.137. The summed E-state index contributed by atoms with van der Waals surface area (Å²) in [5, 5.41) is 9.07. The van der Waals surface area contributed by atoms with Crippen molar-refractivity contribution in [1.29, 1.82) is 0 Å². The van der Waals surface area contributed by atoms with Crippen molar-refractivity contribution in [3.63, 3.8) is 0 Å².